The zero-order valence-corrected chi connectivity index (χ0v) is 22.8. The molecule has 34 heavy (non-hydrogen) atoms. The maximum Gasteiger partial charge on any atom is 0.305 e. The summed E-state index contributed by atoms with van der Waals surface area (Å²) in [6, 6.07) is 0. The van der Waals surface area contributed by atoms with E-state index in [1.807, 2.05) is 0 Å². The Labute approximate surface area is 210 Å². The third-order valence-electron chi connectivity index (χ3n) is 5.95. The number of ether oxygens (including phenoxy) is 5. The lowest BCUT2D eigenvalue weighted by atomic mass is 10.0. The fraction of sp³-hybridized carbons (Fsp3) is 0.964. The summed E-state index contributed by atoms with van der Waals surface area (Å²) in [6.45, 7) is 5.60. The monoisotopic (exact) mass is 488 g/mol. The van der Waals surface area contributed by atoms with Crippen molar-refractivity contribution in [3.63, 3.8) is 0 Å². The average Bonchev–Trinajstić information content (AvgIpc) is 2.84. The Kier molecular flexibility index (Phi) is 28.0. The minimum absolute atomic E-state index is 0.129. The highest BCUT2D eigenvalue weighted by atomic mass is 16.6. The molecule has 0 aliphatic heterocycles. The molecule has 0 amide bonds. The maximum atomic E-state index is 12.1. The highest BCUT2D eigenvalue weighted by Crippen LogP contribution is 2.13. The van der Waals surface area contributed by atoms with Gasteiger partial charge in [0.25, 0.3) is 0 Å². The first-order chi connectivity index (χ1) is 16.7. The first kappa shape index (κ1) is 33.3. The first-order valence-corrected chi connectivity index (χ1v) is 14.1. The molecule has 0 saturated heterocycles. The normalized spacial score (nSPS) is 12.2. The highest BCUT2D eigenvalue weighted by molar-refractivity contribution is 5.69. The predicted molar refractivity (Wildman–Crippen MR) is 139 cm³/mol. The number of unbranched alkanes of at least 4 members (excludes halogenated alkanes) is 13. The Morgan fingerprint density at radius 2 is 1.12 bits per heavy atom. The Bertz CT molecular complexity index is 390. The van der Waals surface area contributed by atoms with Crippen LogP contribution in [0.5, 0.6) is 0 Å². The zero-order chi connectivity index (χ0) is 25.0. The fourth-order valence-electron chi connectivity index (χ4n) is 3.81. The summed E-state index contributed by atoms with van der Waals surface area (Å²) in [5, 5.41) is 0. The molecule has 204 valence electrons. The topological polar surface area (TPSA) is 63.2 Å². The quantitative estimate of drug-likeness (QED) is 0.0884. The van der Waals surface area contributed by atoms with Crippen molar-refractivity contribution < 1.29 is 28.5 Å². The Hall–Kier alpha value is -0.690. The van der Waals surface area contributed by atoms with Crippen LogP contribution in [0.4, 0.5) is 0 Å². The average molecular weight is 489 g/mol. The lowest BCUT2D eigenvalue weighted by molar-refractivity contribution is -0.150. The van der Waals surface area contributed by atoms with Gasteiger partial charge in [0.15, 0.2) is 0 Å². The molecule has 0 aromatic heterocycles. The molecule has 0 spiro atoms. The van der Waals surface area contributed by atoms with Crippen molar-refractivity contribution in [3.8, 4) is 0 Å². The van der Waals surface area contributed by atoms with Crippen LogP contribution in [0.2, 0.25) is 0 Å². The van der Waals surface area contributed by atoms with E-state index in [4.69, 9.17) is 23.7 Å². The molecule has 0 saturated carbocycles. The van der Waals surface area contributed by atoms with E-state index in [2.05, 4.69) is 6.92 Å². The maximum absolute atomic E-state index is 12.1. The van der Waals surface area contributed by atoms with Crippen molar-refractivity contribution >= 4 is 5.97 Å². The van der Waals surface area contributed by atoms with E-state index in [0.717, 1.165) is 38.7 Å². The smallest absolute Gasteiger partial charge is 0.305 e. The molecule has 1 atom stereocenters. The minimum atomic E-state index is -0.222. The molecule has 0 N–H and O–H groups in total. The number of carbonyl (C=O) groups is 1. The molecule has 0 aliphatic rings. The van der Waals surface area contributed by atoms with E-state index < -0.39 is 0 Å². The van der Waals surface area contributed by atoms with Gasteiger partial charge in [0.2, 0.25) is 0 Å². The van der Waals surface area contributed by atoms with Crippen LogP contribution in [-0.2, 0) is 28.5 Å². The molecular weight excluding hydrogens is 432 g/mol. The number of carbonyl (C=O) groups excluding carboxylic acids is 1. The summed E-state index contributed by atoms with van der Waals surface area (Å²) >= 11 is 0. The van der Waals surface area contributed by atoms with Crippen LogP contribution in [0.3, 0.4) is 0 Å². The van der Waals surface area contributed by atoms with Crippen molar-refractivity contribution in [2.75, 3.05) is 53.9 Å². The van der Waals surface area contributed by atoms with Crippen LogP contribution in [0.15, 0.2) is 0 Å². The standard InChI is InChI=1S/C28H56O6/c1-4-5-6-7-8-9-10-11-12-13-14-15-16-20-28(29)34-26-27(25-32-23-19-22-31-3)33-24-18-17-21-30-2/h27H,4-26H2,1-3H3. The molecule has 0 radical (unpaired) electrons. The Morgan fingerprint density at radius 1 is 0.588 bits per heavy atom. The van der Waals surface area contributed by atoms with Crippen LogP contribution in [0.1, 0.15) is 116 Å². The number of hydrogen-bond donors (Lipinski definition) is 0. The summed E-state index contributed by atoms with van der Waals surface area (Å²) in [5.74, 6) is -0.129. The number of hydrogen-bond acceptors (Lipinski definition) is 6. The number of methoxy groups -OCH3 is 2. The van der Waals surface area contributed by atoms with E-state index in [1.54, 1.807) is 14.2 Å². The molecule has 0 aromatic rings. The van der Waals surface area contributed by atoms with Crippen LogP contribution < -0.4 is 0 Å². The van der Waals surface area contributed by atoms with Gasteiger partial charge < -0.3 is 23.7 Å². The summed E-state index contributed by atoms with van der Waals surface area (Å²) in [5.41, 5.74) is 0. The lowest BCUT2D eigenvalue weighted by Crippen LogP contribution is -2.28. The molecular formula is C28H56O6. The van der Waals surface area contributed by atoms with Crippen LogP contribution >= 0.6 is 0 Å². The van der Waals surface area contributed by atoms with E-state index in [-0.39, 0.29) is 18.7 Å². The van der Waals surface area contributed by atoms with Crippen LogP contribution in [-0.4, -0.2) is 65.9 Å². The number of rotatable bonds is 28. The van der Waals surface area contributed by atoms with Gasteiger partial charge in [0, 0.05) is 47.1 Å². The van der Waals surface area contributed by atoms with E-state index >= 15 is 0 Å². The summed E-state index contributed by atoms with van der Waals surface area (Å²) in [7, 11) is 3.39. The molecule has 0 fully saturated rings. The number of esters is 1. The minimum Gasteiger partial charge on any atom is -0.463 e. The zero-order valence-electron chi connectivity index (χ0n) is 22.8. The van der Waals surface area contributed by atoms with Gasteiger partial charge in [-0.1, -0.05) is 84.0 Å². The molecule has 6 nitrogen and oxygen atoms in total. The second-order valence-electron chi connectivity index (χ2n) is 9.29. The van der Waals surface area contributed by atoms with Gasteiger partial charge in [0.1, 0.15) is 12.7 Å². The summed E-state index contributed by atoms with van der Waals surface area (Å²) < 4.78 is 27.1. The Balaban J connectivity index is 3.72. The van der Waals surface area contributed by atoms with Crippen LogP contribution in [0.25, 0.3) is 0 Å². The van der Waals surface area contributed by atoms with Gasteiger partial charge in [-0.3, -0.25) is 4.79 Å². The molecule has 0 bridgehead atoms. The van der Waals surface area contributed by atoms with E-state index in [1.165, 1.54) is 70.6 Å². The van der Waals surface area contributed by atoms with Crippen LogP contribution in [0, 0.1) is 0 Å². The summed E-state index contributed by atoms with van der Waals surface area (Å²) in [6.07, 6.45) is 19.9. The molecule has 0 heterocycles. The molecule has 0 aliphatic carbocycles. The SMILES string of the molecule is CCCCCCCCCCCCCCCC(=O)OCC(COCCCOC)OCCCCOC. The van der Waals surface area contributed by atoms with E-state index in [0.29, 0.717) is 32.8 Å². The second-order valence-corrected chi connectivity index (χ2v) is 9.29. The van der Waals surface area contributed by atoms with Gasteiger partial charge in [0.05, 0.1) is 6.61 Å². The van der Waals surface area contributed by atoms with Crippen molar-refractivity contribution in [3.05, 3.63) is 0 Å². The van der Waals surface area contributed by atoms with Crippen molar-refractivity contribution in [2.24, 2.45) is 0 Å². The Morgan fingerprint density at radius 3 is 1.71 bits per heavy atom. The molecule has 0 rings (SSSR count). The van der Waals surface area contributed by atoms with E-state index in [9.17, 15) is 4.79 Å². The third-order valence-corrected chi connectivity index (χ3v) is 5.95. The lowest BCUT2D eigenvalue weighted by Gasteiger charge is -2.18. The van der Waals surface area contributed by atoms with Gasteiger partial charge in [-0.25, -0.2) is 0 Å². The fourth-order valence-corrected chi connectivity index (χ4v) is 3.81. The van der Waals surface area contributed by atoms with Gasteiger partial charge in [-0.2, -0.15) is 0 Å². The molecule has 1 unspecified atom stereocenters. The van der Waals surface area contributed by atoms with Gasteiger partial charge >= 0.3 is 5.97 Å². The van der Waals surface area contributed by atoms with Crippen molar-refractivity contribution in [1.82, 2.24) is 0 Å². The first-order valence-electron chi connectivity index (χ1n) is 14.1. The highest BCUT2D eigenvalue weighted by Gasteiger charge is 2.13. The van der Waals surface area contributed by atoms with Gasteiger partial charge in [-0.05, 0) is 25.7 Å². The summed E-state index contributed by atoms with van der Waals surface area (Å²) in [4.78, 5) is 12.1. The van der Waals surface area contributed by atoms with Gasteiger partial charge in [-0.15, -0.1) is 0 Å². The molecule has 6 heteroatoms. The molecule has 0 aromatic carbocycles. The largest absolute Gasteiger partial charge is 0.463 e. The second kappa shape index (κ2) is 28.5. The third kappa shape index (κ3) is 25.9. The van der Waals surface area contributed by atoms with Crippen molar-refractivity contribution in [1.29, 1.82) is 0 Å². The van der Waals surface area contributed by atoms with Crippen molar-refractivity contribution in [2.45, 2.75) is 122 Å². The predicted octanol–water partition coefficient (Wildman–Crippen LogP) is 6.88.